The van der Waals surface area contributed by atoms with Gasteiger partial charge < -0.3 is 9.41 Å². The van der Waals surface area contributed by atoms with Gasteiger partial charge in [-0.15, -0.1) is 36.1 Å². The summed E-state index contributed by atoms with van der Waals surface area (Å²) in [5.41, 5.74) is 1.64. The van der Waals surface area contributed by atoms with Crippen LogP contribution < -0.4 is 9.41 Å². The molecule has 1 fully saturated rings. The molecule has 2 aromatic carbocycles. The maximum atomic E-state index is 3.47. The summed E-state index contributed by atoms with van der Waals surface area (Å²) >= 11 is 0. The van der Waals surface area contributed by atoms with Gasteiger partial charge in [-0.2, -0.15) is 34.5 Å². The summed E-state index contributed by atoms with van der Waals surface area (Å²) in [6.45, 7) is 4.84. The van der Waals surface area contributed by atoms with Crippen molar-refractivity contribution in [1.29, 1.82) is 0 Å². The summed E-state index contributed by atoms with van der Waals surface area (Å²) in [5.74, 6) is 0. The van der Waals surface area contributed by atoms with E-state index in [1.54, 1.807) is 10.9 Å². The van der Waals surface area contributed by atoms with Gasteiger partial charge in [0.1, 0.15) is 0 Å². The molecular formula is C17H18F2P2Zr. The summed E-state index contributed by atoms with van der Waals surface area (Å²) in [4.78, 5) is 0. The number of halogens is 2. The number of rotatable bonds is 0. The van der Waals surface area contributed by atoms with E-state index in [2.05, 4.69) is 67.9 Å². The molecule has 2 unspecified atom stereocenters. The van der Waals surface area contributed by atoms with Crippen LogP contribution >= 0.6 is 15.2 Å². The minimum atomic E-state index is 0. The first-order chi connectivity index (χ1) is 9.25. The molecule has 0 bridgehead atoms. The predicted molar refractivity (Wildman–Crippen MR) is 89.6 cm³/mol. The fourth-order valence-corrected chi connectivity index (χ4v) is 7.62. The van der Waals surface area contributed by atoms with Crippen molar-refractivity contribution in [3.63, 3.8) is 0 Å². The maximum Gasteiger partial charge on any atom is 4.00 e. The number of allylic oxidation sites excluding steroid dienone is 4. The Balaban J connectivity index is 0.000000354. The van der Waals surface area contributed by atoms with Gasteiger partial charge in [-0.3, -0.25) is 6.08 Å². The van der Waals surface area contributed by atoms with Crippen molar-refractivity contribution in [2.75, 3.05) is 19.5 Å². The van der Waals surface area contributed by atoms with Crippen LogP contribution in [0.4, 0.5) is 0 Å². The molecule has 1 heterocycles. The van der Waals surface area contributed by atoms with Gasteiger partial charge >= 0.3 is 26.2 Å². The van der Waals surface area contributed by atoms with Crippen molar-refractivity contribution < 1.29 is 35.6 Å². The molecule has 4 rings (SSSR count). The third kappa shape index (κ3) is 4.70. The van der Waals surface area contributed by atoms with Gasteiger partial charge in [-0.25, -0.2) is 0 Å². The molecule has 5 heteroatoms. The van der Waals surface area contributed by atoms with Crippen LogP contribution in [-0.4, -0.2) is 19.5 Å². The number of fused-ring (bicyclic) bond motifs is 2. The number of hydrogen-bond donors (Lipinski definition) is 0. The second kappa shape index (κ2) is 9.92. The van der Waals surface area contributed by atoms with Crippen LogP contribution in [0.15, 0.2) is 59.4 Å². The summed E-state index contributed by atoms with van der Waals surface area (Å²) in [7, 11) is 0.573. The van der Waals surface area contributed by atoms with Crippen LogP contribution in [0.2, 0.25) is 0 Å². The first kappa shape index (κ1) is 21.9. The van der Waals surface area contributed by atoms with Gasteiger partial charge in [0.15, 0.2) is 0 Å². The van der Waals surface area contributed by atoms with Gasteiger partial charge in [-0.05, 0) is 13.3 Å². The quantitative estimate of drug-likeness (QED) is 0.412. The van der Waals surface area contributed by atoms with Crippen LogP contribution in [0.1, 0.15) is 6.42 Å². The Kier molecular flexibility index (Phi) is 9.88. The van der Waals surface area contributed by atoms with Crippen molar-refractivity contribution in [2.24, 2.45) is 0 Å². The van der Waals surface area contributed by atoms with E-state index < -0.39 is 0 Å². The largest absolute Gasteiger partial charge is 4.00 e. The Hall–Kier alpha value is -0.0869. The van der Waals surface area contributed by atoms with Crippen LogP contribution in [0.5, 0.6) is 0 Å². The average Bonchev–Trinajstić information content (AvgIpc) is 3.10. The molecule has 1 aliphatic heterocycles. The van der Waals surface area contributed by atoms with Crippen LogP contribution in [0.25, 0.3) is 10.8 Å². The second-order valence-electron chi connectivity index (χ2n) is 4.95. The summed E-state index contributed by atoms with van der Waals surface area (Å²) < 4.78 is 0. The monoisotopic (exact) mass is 412 g/mol. The standard InChI is InChI=1S/C9H7.C8H11P2.2FH.Zr/c1-2-5-9-7-3-6-8(9)4-1;1-9-6-7-4-3-5-8(7)10(9)2;;;/h1-7H;4H,3,6H2,1-2H3;2*1H;/q2*-1;;;+4/p-2. The Morgan fingerprint density at radius 1 is 1.09 bits per heavy atom. The Bertz CT molecular complexity index is 619. The minimum Gasteiger partial charge on any atom is -1.00 e. The third-order valence-electron chi connectivity index (χ3n) is 3.70. The normalized spacial score (nSPS) is 21.2. The number of benzene rings is 1. The molecule has 0 nitrogen and oxygen atoms in total. The maximum absolute atomic E-state index is 3.47. The molecule has 2 aromatic rings. The minimum absolute atomic E-state index is 0. The van der Waals surface area contributed by atoms with Gasteiger partial charge in [0.2, 0.25) is 0 Å². The molecule has 0 N–H and O–H groups in total. The molecule has 1 aliphatic carbocycles. The van der Waals surface area contributed by atoms with E-state index in [4.69, 9.17) is 0 Å². The first-order valence-electron chi connectivity index (χ1n) is 6.61. The van der Waals surface area contributed by atoms with E-state index in [1.165, 1.54) is 16.9 Å². The summed E-state index contributed by atoms with van der Waals surface area (Å²) in [6, 6.07) is 14.7. The predicted octanol–water partition coefficient (Wildman–Crippen LogP) is -0.280. The second-order valence-corrected chi connectivity index (χ2v) is 11.9. The molecular weight excluding hydrogens is 395 g/mol. The molecule has 0 saturated carbocycles. The van der Waals surface area contributed by atoms with Crippen molar-refractivity contribution in [1.82, 2.24) is 0 Å². The fourth-order valence-electron chi connectivity index (χ4n) is 2.54. The van der Waals surface area contributed by atoms with E-state index in [-0.39, 0.29) is 43.2 Å². The molecule has 0 radical (unpaired) electrons. The van der Waals surface area contributed by atoms with Crippen molar-refractivity contribution in [2.45, 2.75) is 6.42 Å². The molecule has 1 saturated heterocycles. The van der Waals surface area contributed by atoms with Crippen LogP contribution in [0, 0.1) is 6.08 Å². The molecule has 114 valence electrons. The van der Waals surface area contributed by atoms with Gasteiger partial charge in [0.25, 0.3) is 0 Å². The zero-order valence-corrected chi connectivity index (χ0v) is 16.9. The topological polar surface area (TPSA) is 0 Å². The Morgan fingerprint density at radius 3 is 2.50 bits per heavy atom. The smallest absolute Gasteiger partial charge is 1.00 e. The Morgan fingerprint density at radius 2 is 1.82 bits per heavy atom. The zero-order valence-electron chi connectivity index (χ0n) is 12.7. The van der Waals surface area contributed by atoms with Crippen molar-refractivity contribution in [3.05, 3.63) is 65.5 Å². The first-order valence-corrected chi connectivity index (χ1v) is 11.1. The molecule has 2 atom stereocenters. The molecule has 0 amide bonds. The average molecular weight is 413 g/mol. The van der Waals surface area contributed by atoms with Crippen LogP contribution in [-0.2, 0) is 26.2 Å². The van der Waals surface area contributed by atoms with Gasteiger partial charge in [0.05, 0.1) is 0 Å². The van der Waals surface area contributed by atoms with Gasteiger partial charge in [-0.1, -0.05) is 27.4 Å². The van der Waals surface area contributed by atoms with E-state index >= 15 is 0 Å². The van der Waals surface area contributed by atoms with Crippen molar-refractivity contribution >= 4 is 26.0 Å². The summed E-state index contributed by atoms with van der Waals surface area (Å²) in [6.07, 6.45) is 8.32. The van der Waals surface area contributed by atoms with E-state index in [1.807, 2.05) is 0 Å². The Labute approximate surface area is 152 Å². The van der Waals surface area contributed by atoms with Crippen LogP contribution in [0.3, 0.4) is 0 Å². The van der Waals surface area contributed by atoms with E-state index in [9.17, 15) is 0 Å². The zero-order chi connectivity index (χ0) is 13.2. The summed E-state index contributed by atoms with van der Waals surface area (Å²) in [5, 5.41) is 4.28. The molecule has 2 aliphatic rings. The van der Waals surface area contributed by atoms with Crippen molar-refractivity contribution in [3.8, 4) is 0 Å². The molecule has 22 heavy (non-hydrogen) atoms. The number of hydrogen-bond acceptors (Lipinski definition) is 0. The fraction of sp³-hybridized carbons (Fsp3) is 0.235. The van der Waals surface area contributed by atoms with E-state index in [0.29, 0.717) is 7.61 Å². The third-order valence-corrected chi connectivity index (χ3v) is 10.7. The molecule has 0 spiro atoms. The molecule has 0 aromatic heterocycles. The van der Waals surface area contributed by atoms with E-state index in [0.717, 1.165) is 6.42 Å². The SMILES string of the molecule is CP1CC2=CC[C-]=C2P1C.[F-].[F-].[Zr+4].c1ccc2[cH-]ccc2c1. The van der Waals surface area contributed by atoms with Gasteiger partial charge in [0, 0.05) is 0 Å².